The molecule has 4 heteroatoms. The number of piperidine rings is 1. The van der Waals surface area contributed by atoms with Gasteiger partial charge in [0.25, 0.3) is 0 Å². The highest BCUT2D eigenvalue weighted by Crippen LogP contribution is 2.22. The molecule has 0 bridgehead atoms. The molecule has 2 rings (SSSR count). The molecule has 1 saturated heterocycles. The number of phenols is 1. The fourth-order valence-corrected chi connectivity index (χ4v) is 2.22. The zero-order chi connectivity index (χ0) is 13.1. The molecule has 1 heterocycles. The van der Waals surface area contributed by atoms with E-state index in [0.717, 1.165) is 31.6 Å². The molecule has 1 aromatic rings. The molecular weight excluding hydrogens is 228 g/mol. The number of hydrogen-bond donors (Lipinski definition) is 1. The number of amides is 2. The molecule has 1 N–H and O–H groups in total. The Morgan fingerprint density at radius 2 is 2.06 bits per heavy atom. The van der Waals surface area contributed by atoms with Crippen LogP contribution in [0.2, 0.25) is 0 Å². The second-order valence-electron chi connectivity index (χ2n) is 5.03. The van der Waals surface area contributed by atoms with Crippen molar-refractivity contribution < 1.29 is 9.90 Å². The number of benzene rings is 1. The van der Waals surface area contributed by atoms with Gasteiger partial charge in [0, 0.05) is 31.9 Å². The van der Waals surface area contributed by atoms with E-state index < -0.39 is 0 Å². The Hall–Kier alpha value is -1.71. The Morgan fingerprint density at radius 3 is 2.67 bits per heavy atom. The Labute approximate surface area is 108 Å². The molecule has 0 spiro atoms. The number of nitrogens with zero attached hydrogens (tertiary/aromatic N) is 2. The van der Waals surface area contributed by atoms with Crippen molar-refractivity contribution in [2.75, 3.05) is 25.0 Å². The van der Waals surface area contributed by atoms with Crippen molar-refractivity contribution in [1.29, 1.82) is 0 Å². The van der Waals surface area contributed by atoms with Crippen molar-refractivity contribution in [3.63, 3.8) is 0 Å². The van der Waals surface area contributed by atoms with E-state index in [1.165, 1.54) is 0 Å². The largest absolute Gasteiger partial charge is 0.508 e. The van der Waals surface area contributed by atoms with Gasteiger partial charge in [0.1, 0.15) is 5.75 Å². The zero-order valence-electron chi connectivity index (χ0n) is 11.0. The third-order valence-corrected chi connectivity index (χ3v) is 3.56. The van der Waals surface area contributed by atoms with Gasteiger partial charge >= 0.3 is 6.03 Å². The summed E-state index contributed by atoms with van der Waals surface area (Å²) in [6.07, 6.45) is 2.14. The van der Waals surface area contributed by atoms with Crippen LogP contribution in [0.3, 0.4) is 0 Å². The maximum absolute atomic E-state index is 12.3. The van der Waals surface area contributed by atoms with Crippen molar-refractivity contribution in [3.05, 3.63) is 24.3 Å². The number of hydrogen-bond acceptors (Lipinski definition) is 2. The normalized spacial score (nSPS) is 16.7. The number of carbonyl (C=O) groups excluding carboxylic acids is 1. The van der Waals surface area contributed by atoms with Gasteiger partial charge in [-0.1, -0.05) is 13.0 Å². The smallest absolute Gasteiger partial charge is 0.324 e. The van der Waals surface area contributed by atoms with Crippen LogP contribution in [0, 0.1) is 5.92 Å². The third kappa shape index (κ3) is 2.75. The quantitative estimate of drug-likeness (QED) is 0.830. The molecule has 1 aliphatic rings. The molecule has 0 atom stereocenters. The molecule has 0 radical (unpaired) electrons. The summed E-state index contributed by atoms with van der Waals surface area (Å²) in [7, 11) is 1.75. The number of aromatic hydroxyl groups is 1. The third-order valence-electron chi connectivity index (χ3n) is 3.56. The number of rotatable bonds is 1. The summed E-state index contributed by atoms with van der Waals surface area (Å²) in [4.78, 5) is 15.8. The second-order valence-corrected chi connectivity index (χ2v) is 5.03. The molecule has 1 aliphatic heterocycles. The summed E-state index contributed by atoms with van der Waals surface area (Å²) in [5, 5.41) is 9.44. The van der Waals surface area contributed by atoms with Gasteiger partial charge in [-0.2, -0.15) is 0 Å². The van der Waals surface area contributed by atoms with Crippen molar-refractivity contribution in [1.82, 2.24) is 4.90 Å². The van der Waals surface area contributed by atoms with E-state index in [9.17, 15) is 9.90 Å². The molecule has 98 valence electrons. The zero-order valence-corrected chi connectivity index (χ0v) is 11.0. The topological polar surface area (TPSA) is 43.8 Å². The first-order valence-electron chi connectivity index (χ1n) is 6.39. The summed E-state index contributed by atoms with van der Waals surface area (Å²) in [6, 6.07) is 6.78. The second kappa shape index (κ2) is 5.29. The van der Waals surface area contributed by atoms with Crippen LogP contribution >= 0.6 is 0 Å². The van der Waals surface area contributed by atoms with Crippen LogP contribution < -0.4 is 4.90 Å². The lowest BCUT2D eigenvalue weighted by Crippen LogP contribution is -2.45. The number of likely N-dealkylation sites (tertiary alicyclic amines) is 1. The predicted octanol–water partition coefficient (Wildman–Crippen LogP) is 2.68. The van der Waals surface area contributed by atoms with Crippen LogP contribution in [-0.2, 0) is 0 Å². The first-order valence-corrected chi connectivity index (χ1v) is 6.39. The summed E-state index contributed by atoms with van der Waals surface area (Å²) < 4.78 is 0. The highest BCUT2D eigenvalue weighted by Gasteiger charge is 2.23. The van der Waals surface area contributed by atoms with Crippen LogP contribution in [0.5, 0.6) is 5.75 Å². The maximum atomic E-state index is 12.3. The Balaban J connectivity index is 2.04. The molecule has 4 nitrogen and oxygen atoms in total. The lowest BCUT2D eigenvalue weighted by Gasteiger charge is -2.33. The highest BCUT2D eigenvalue weighted by atomic mass is 16.3. The minimum absolute atomic E-state index is 0.00694. The lowest BCUT2D eigenvalue weighted by molar-refractivity contribution is 0.181. The fourth-order valence-electron chi connectivity index (χ4n) is 2.22. The molecule has 0 saturated carbocycles. The van der Waals surface area contributed by atoms with Gasteiger partial charge in [0.2, 0.25) is 0 Å². The van der Waals surface area contributed by atoms with Gasteiger partial charge in [-0.3, -0.25) is 4.90 Å². The van der Waals surface area contributed by atoms with Crippen LogP contribution in [0.1, 0.15) is 19.8 Å². The van der Waals surface area contributed by atoms with Gasteiger partial charge in [0.05, 0.1) is 0 Å². The lowest BCUT2D eigenvalue weighted by atomic mass is 9.99. The van der Waals surface area contributed by atoms with Crippen molar-refractivity contribution in [2.45, 2.75) is 19.8 Å². The molecular formula is C14H20N2O2. The van der Waals surface area contributed by atoms with E-state index in [1.54, 1.807) is 30.1 Å². The van der Waals surface area contributed by atoms with E-state index in [-0.39, 0.29) is 11.8 Å². The van der Waals surface area contributed by atoms with Gasteiger partial charge in [-0.15, -0.1) is 0 Å². The molecule has 0 aromatic heterocycles. The van der Waals surface area contributed by atoms with Gasteiger partial charge in [-0.05, 0) is 30.9 Å². The van der Waals surface area contributed by atoms with Crippen LogP contribution in [0.15, 0.2) is 24.3 Å². The fraction of sp³-hybridized carbons (Fsp3) is 0.500. The van der Waals surface area contributed by atoms with Crippen molar-refractivity contribution in [2.24, 2.45) is 5.92 Å². The Kier molecular flexibility index (Phi) is 3.75. The number of phenolic OH excluding ortho intramolecular Hbond substituents is 1. The first-order chi connectivity index (χ1) is 8.58. The van der Waals surface area contributed by atoms with Gasteiger partial charge in [0.15, 0.2) is 0 Å². The predicted molar refractivity (Wildman–Crippen MR) is 71.9 cm³/mol. The molecule has 0 unspecified atom stereocenters. The summed E-state index contributed by atoms with van der Waals surface area (Å²) in [5.41, 5.74) is 0.721. The van der Waals surface area contributed by atoms with Crippen LogP contribution in [0.25, 0.3) is 0 Å². The number of urea groups is 1. The highest BCUT2D eigenvalue weighted by molar-refractivity contribution is 5.91. The average molecular weight is 248 g/mol. The SMILES string of the molecule is CC1CCN(C(=O)N(C)c2cccc(O)c2)CC1. The minimum Gasteiger partial charge on any atom is -0.508 e. The van der Waals surface area contributed by atoms with E-state index in [1.807, 2.05) is 11.0 Å². The van der Waals surface area contributed by atoms with Crippen molar-refractivity contribution >= 4 is 11.7 Å². The van der Waals surface area contributed by atoms with Crippen LogP contribution in [-0.4, -0.2) is 36.2 Å². The number of anilines is 1. The standard InChI is InChI=1S/C14H20N2O2/c1-11-6-8-16(9-7-11)14(18)15(2)12-4-3-5-13(17)10-12/h3-5,10-11,17H,6-9H2,1-2H3. The van der Waals surface area contributed by atoms with Gasteiger partial charge < -0.3 is 10.0 Å². The average Bonchev–Trinajstić information content (AvgIpc) is 2.38. The Morgan fingerprint density at radius 1 is 1.39 bits per heavy atom. The Bertz CT molecular complexity index is 426. The summed E-state index contributed by atoms with van der Waals surface area (Å²) >= 11 is 0. The van der Waals surface area contributed by atoms with E-state index >= 15 is 0 Å². The monoisotopic (exact) mass is 248 g/mol. The summed E-state index contributed by atoms with van der Waals surface area (Å²) in [6.45, 7) is 3.87. The molecule has 1 fully saturated rings. The van der Waals surface area contributed by atoms with Gasteiger partial charge in [-0.25, -0.2) is 4.79 Å². The van der Waals surface area contributed by atoms with E-state index in [4.69, 9.17) is 0 Å². The van der Waals surface area contributed by atoms with Crippen LogP contribution in [0.4, 0.5) is 10.5 Å². The van der Waals surface area contributed by atoms with E-state index in [0.29, 0.717) is 5.92 Å². The number of carbonyl (C=O) groups is 1. The molecule has 0 aliphatic carbocycles. The van der Waals surface area contributed by atoms with Crippen molar-refractivity contribution in [3.8, 4) is 5.75 Å². The van der Waals surface area contributed by atoms with E-state index in [2.05, 4.69) is 6.92 Å². The summed E-state index contributed by atoms with van der Waals surface area (Å²) in [5.74, 6) is 0.888. The molecule has 18 heavy (non-hydrogen) atoms. The first kappa shape index (κ1) is 12.7. The molecule has 1 aromatic carbocycles. The minimum atomic E-state index is 0.00694. The molecule has 2 amide bonds. The maximum Gasteiger partial charge on any atom is 0.324 e.